The van der Waals surface area contributed by atoms with Gasteiger partial charge < -0.3 is 9.15 Å². The Kier molecular flexibility index (Phi) is 5.74. The van der Waals surface area contributed by atoms with E-state index in [1.807, 2.05) is 31.2 Å². The lowest BCUT2D eigenvalue weighted by atomic mass is 10.1. The zero-order valence-electron chi connectivity index (χ0n) is 13.1. The van der Waals surface area contributed by atoms with Crippen LogP contribution >= 0.6 is 0 Å². The highest BCUT2D eigenvalue weighted by atomic mass is 16.5. The van der Waals surface area contributed by atoms with Crippen LogP contribution in [0.4, 0.5) is 4.79 Å². The normalized spacial score (nSPS) is 10.2. The summed E-state index contributed by atoms with van der Waals surface area (Å²) >= 11 is 0. The highest BCUT2D eigenvalue weighted by Gasteiger charge is 2.10. The van der Waals surface area contributed by atoms with E-state index in [9.17, 15) is 9.59 Å². The Morgan fingerprint density at radius 2 is 1.96 bits per heavy atom. The van der Waals surface area contributed by atoms with E-state index in [2.05, 4.69) is 20.6 Å². The maximum atomic E-state index is 11.6. The molecule has 2 aromatic rings. The second-order valence-corrected chi connectivity index (χ2v) is 4.88. The number of carbonyl (C=O) groups excluding carboxylic acids is 2. The Hall–Kier alpha value is -2.83. The summed E-state index contributed by atoms with van der Waals surface area (Å²) in [4.78, 5) is 26.8. The molecule has 0 fully saturated rings. The highest BCUT2D eigenvalue weighted by molar-refractivity contribution is 5.79. The number of aromatic nitrogens is 1. The third-order valence-electron chi connectivity index (χ3n) is 3.03. The van der Waals surface area contributed by atoms with E-state index in [0.29, 0.717) is 18.1 Å². The number of benzene rings is 1. The van der Waals surface area contributed by atoms with Crippen LogP contribution in [0.3, 0.4) is 0 Å². The molecule has 0 aliphatic carbocycles. The summed E-state index contributed by atoms with van der Waals surface area (Å²) in [5, 5.41) is 0. The van der Waals surface area contributed by atoms with Gasteiger partial charge in [-0.05, 0) is 13.8 Å². The molecule has 2 rings (SSSR count). The van der Waals surface area contributed by atoms with Crippen LogP contribution in [0, 0.1) is 6.92 Å². The molecular weight excluding hydrogens is 298 g/mol. The predicted octanol–water partition coefficient (Wildman–Crippen LogP) is 2.36. The number of rotatable bonds is 5. The predicted molar refractivity (Wildman–Crippen MR) is 83.3 cm³/mol. The number of ether oxygens (including phenoxy) is 1. The number of nitrogens with one attached hydrogen (secondary N) is 2. The van der Waals surface area contributed by atoms with Crippen molar-refractivity contribution in [1.29, 1.82) is 0 Å². The van der Waals surface area contributed by atoms with Crippen molar-refractivity contribution in [3.63, 3.8) is 0 Å². The molecule has 2 amide bonds. The van der Waals surface area contributed by atoms with Crippen molar-refractivity contribution in [3.8, 4) is 11.3 Å². The van der Waals surface area contributed by atoms with Crippen molar-refractivity contribution in [2.75, 3.05) is 6.61 Å². The largest absolute Gasteiger partial charge is 0.449 e. The third kappa shape index (κ3) is 5.14. The Morgan fingerprint density at radius 3 is 2.65 bits per heavy atom. The fraction of sp³-hybridized carbons (Fsp3) is 0.312. The van der Waals surface area contributed by atoms with Crippen molar-refractivity contribution in [2.45, 2.75) is 26.7 Å². The quantitative estimate of drug-likeness (QED) is 0.826. The summed E-state index contributed by atoms with van der Waals surface area (Å²) in [6, 6.07) is 7.89. The minimum absolute atomic E-state index is 0.139. The van der Waals surface area contributed by atoms with Crippen LogP contribution in [0.25, 0.3) is 11.3 Å². The van der Waals surface area contributed by atoms with E-state index in [1.165, 1.54) is 5.56 Å². The molecular formula is C16H19N3O4. The second kappa shape index (κ2) is 7.98. The average Bonchev–Trinajstić information content (AvgIpc) is 3.01. The van der Waals surface area contributed by atoms with Crippen molar-refractivity contribution in [3.05, 3.63) is 41.9 Å². The van der Waals surface area contributed by atoms with Gasteiger partial charge in [0.15, 0.2) is 11.7 Å². The number of hydrazine groups is 1. The summed E-state index contributed by atoms with van der Waals surface area (Å²) in [6.07, 6.45) is 1.41. The van der Waals surface area contributed by atoms with E-state index < -0.39 is 6.09 Å². The Balaban J connectivity index is 1.81. The van der Waals surface area contributed by atoms with Crippen molar-refractivity contribution in [2.24, 2.45) is 0 Å². The van der Waals surface area contributed by atoms with Crippen LogP contribution in [0.2, 0.25) is 0 Å². The van der Waals surface area contributed by atoms with E-state index in [0.717, 1.165) is 5.56 Å². The van der Waals surface area contributed by atoms with Crippen LogP contribution in [-0.2, 0) is 16.0 Å². The second-order valence-electron chi connectivity index (χ2n) is 4.88. The fourth-order valence-electron chi connectivity index (χ4n) is 1.85. The molecule has 0 aliphatic rings. The van der Waals surface area contributed by atoms with Gasteiger partial charge in [-0.3, -0.25) is 10.2 Å². The first-order valence-corrected chi connectivity index (χ1v) is 7.32. The molecule has 0 saturated heterocycles. The van der Waals surface area contributed by atoms with Gasteiger partial charge >= 0.3 is 6.09 Å². The maximum absolute atomic E-state index is 11.6. The molecule has 0 saturated carbocycles. The molecule has 0 unspecified atom stereocenters. The lowest BCUT2D eigenvalue weighted by molar-refractivity contribution is -0.122. The molecule has 23 heavy (non-hydrogen) atoms. The van der Waals surface area contributed by atoms with Crippen LogP contribution in [0.5, 0.6) is 0 Å². The van der Waals surface area contributed by atoms with E-state index >= 15 is 0 Å². The van der Waals surface area contributed by atoms with Crippen LogP contribution in [0.15, 0.2) is 34.9 Å². The van der Waals surface area contributed by atoms with Crippen molar-refractivity contribution < 1.29 is 18.7 Å². The molecule has 0 spiro atoms. The van der Waals surface area contributed by atoms with Gasteiger partial charge in [-0.15, -0.1) is 0 Å². The number of oxazole rings is 1. The molecule has 0 radical (unpaired) electrons. The summed E-state index contributed by atoms with van der Waals surface area (Å²) in [5.41, 5.74) is 6.49. The van der Waals surface area contributed by atoms with Gasteiger partial charge in [-0.2, -0.15) is 0 Å². The van der Waals surface area contributed by atoms with Crippen LogP contribution in [0.1, 0.15) is 24.8 Å². The van der Waals surface area contributed by atoms with Gasteiger partial charge in [-0.25, -0.2) is 15.2 Å². The number of aryl methyl sites for hydroxylation is 2. The van der Waals surface area contributed by atoms with Gasteiger partial charge in [0.2, 0.25) is 5.91 Å². The summed E-state index contributed by atoms with van der Waals surface area (Å²) in [7, 11) is 0. The topological polar surface area (TPSA) is 93.5 Å². The number of carbonyl (C=O) groups is 2. The highest BCUT2D eigenvalue weighted by Crippen LogP contribution is 2.21. The lowest BCUT2D eigenvalue weighted by Crippen LogP contribution is -2.42. The van der Waals surface area contributed by atoms with E-state index in [4.69, 9.17) is 4.42 Å². The molecule has 1 aromatic carbocycles. The van der Waals surface area contributed by atoms with E-state index in [1.54, 1.807) is 13.1 Å². The lowest BCUT2D eigenvalue weighted by Gasteiger charge is -2.06. The first-order chi connectivity index (χ1) is 11.1. The zero-order valence-corrected chi connectivity index (χ0v) is 13.1. The van der Waals surface area contributed by atoms with Gasteiger partial charge in [0.1, 0.15) is 0 Å². The number of nitrogens with zero attached hydrogens (tertiary/aromatic N) is 1. The van der Waals surface area contributed by atoms with E-state index in [-0.39, 0.29) is 18.9 Å². The van der Waals surface area contributed by atoms with Crippen molar-refractivity contribution >= 4 is 12.0 Å². The molecule has 0 bridgehead atoms. The minimum Gasteiger partial charge on any atom is -0.449 e. The smallest absolute Gasteiger partial charge is 0.426 e. The minimum atomic E-state index is -0.696. The molecule has 1 aromatic heterocycles. The standard InChI is InChI=1S/C16H19N3O4/c1-3-22-16(21)19-18-14(20)8-9-15-17-10-13(23-15)12-6-4-11(2)5-7-12/h4-7,10H,3,8-9H2,1-2H3,(H,18,20)(H,19,21). The Morgan fingerprint density at radius 1 is 1.22 bits per heavy atom. The Labute approximate surface area is 134 Å². The molecule has 7 nitrogen and oxygen atoms in total. The van der Waals surface area contributed by atoms with Crippen molar-refractivity contribution in [1.82, 2.24) is 15.8 Å². The SMILES string of the molecule is CCOC(=O)NNC(=O)CCc1ncc(-c2ccc(C)cc2)o1. The summed E-state index contributed by atoms with van der Waals surface area (Å²) in [5.74, 6) is 0.769. The van der Waals surface area contributed by atoms with Gasteiger partial charge in [0, 0.05) is 18.4 Å². The van der Waals surface area contributed by atoms with Gasteiger partial charge in [-0.1, -0.05) is 29.8 Å². The monoisotopic (exact) mass is 317 g/mol. The first kappa shape index (κ1) is 16.5. The maximum Gasteiger partial charge on any atom is 0.426 e. The first-order valence-electron chi connectivity index (χ1n) is 7.32. The molecule has 1 heterocycles. The molecule has 0 aliphatic heterocycles. The van der Waals surface area contributed by atoms with Crippen LogP contribution in [-0.4, -0.2) is 23.6 Å². The fourth-order valence-corrected chi connectivity index (χ4v) is 1.85. The molecule has 0 atom stereocenters. The zero-order chi connectivity index (χ0) is 16.7. The molecule has 7 heteroatoms. The summed E-state index contributed by atoms with van der Waals surface area (Å²) < 4.78 is 10.2. The summed E-state index contributed by atoms with van der Waals surface area (Å²) in [6.45, 7) is 3.92. The number of hydrogen-bond donors (Lipinski definition) is 2. The van der Waals surface area contributed by atoms with Gasteiger partial charge in [0.05, 0.1) is 12.8 Å². The third-order valence-corrected chi connectivity index (χ3v) is 3.03. The molecule has 2 N–H and O–H groups in total. The molecule has 122 valence electrons. The number of amides is 2. The van der Waals surface area contributed by atoms with Crippen LogP contribution < -0.4 is 10.9 Å². The number of hydrogen-bond acceptors (Lipinski definition) is 5. The Bertz CT molecular complexity index is 664. The average molecular weight is 317 g/mol. The van der Waals surface area contributed by atoms with Gasteiger partial charge in [0.25, 0.3) is 0 Å².